The summed E-state index contributed by atoms with van der Waals surface area (Å²) in [6.45, 7) is 4.82. The molecule has 1 N–H and O–H groups in total. The number of amides is 1. The monoisotopic (exact) mass is 315 g/mol. The SMILES string of the molecule is COc1ccc(N/C=C(/C#N)C(=O)N2CC(C)OC(C)C2)cc1. The van der Waals surface area contributed by atoms with Crippen LogP contribution < -0.4 is 10.1 Å². The molecule has 0 bridgehead atoms. The van der Waals surface area contributed by atoms with Gasteiger partial charge >= 0.3 is 0 Å². The van der Waals surface area contributed by atoms with Gasteiger partial charge in [0.25, 0.3) is 5.91 Å². The fourth-order valence-corrected chi connectivity index (χ4v) is 2.50. The van der Waals surface area contributed by atoms with Crippen molar-refractivity contribution in [3.63, 3.8) is 0 Å². The molecular formula is C17H21N3O3. The second kappa shape index (κ2) is 7.65. The molecule has 6 heteroatoms. The van der Waals surface area contributed by atoms with Crippen molar-refractivity contribution in [3.05, 3.63) is 36.0 Å². The highest BCUT2D eigenvalue weighted by molar-refractivity contribution is 5.97. The maximum absolute atomic E-state index is 12.5. The fourth-order valence-electron chi connectivity index (χ4n) is 2.50. The van der Waals surface area contributed by atoms with Crippen LogP contribution in [0.1, 0.15) is 13.8 Å². The number of nitriles is 1. The first-order chi connectivity index (χ1) is 11.0. The summed E-state index contributed by atoms with van der Waals surface area (Å²) in [5.41, 5.74) is 0.845. The van der Waals surface area contributed by atoms with E-state index in [4.69, 9.17) is 9.47 Å². The van der Waals surface area contributed by atoms with Crippen LogP contribution in [0, 0.1) is 11.3 Å². The number of nitrogens with one attached hydrogen (secondary N) is 1. The minimum Gasteiger partial charge on any atom is -0.497 e. The predicted molar refractivity (Wildman–Crippen MR) is 86.9 cm³/mol. The smallest absolute Gasteiger partial charge is 0.266 e. The van der Waals surface area contributed by atoms with Crippen LogP contribution in [0.3, 0.4) is 0 Å². The van der Waals surface area contributed by atoms with Crippen molar-refractivity contribution in [2.45, 2.75) is 26.1 Å². The van der Waals surface area contributed by atoms with Crippen molar-refractivity contribution < 1.29 is 14.3 Å². The molecule has 23 heavy (non-hydrogen) atoms. The number of morpholine rings is 1. The minimum atomic E-state index is -0.282. The van der Waals surface area contributed by atoms with Crippen LogP contribution in [-0.4, -0.2) is 43.2 Å². The van der Waals surface area contributed by atoms with E-state index in [0.717, 1.165) is 11.4 Å². The highest BCUT2D eigenvalue weighted by Gasteiger charge is 2.27. The van der Waals surface area contributed by atoms with Gasteiger partial charge in [0.2, 0.25) is 0 Å². The Bertz CT molecular complexity index is 609. The maximum atomic E-state index is 12.5. The minimum absolute atomic E-state index is 0.0304. The number of benzene rings is 1. The highest BCUT2D eigenvalue weighted by Crippen LogP contribution is 2.16. The molecule has 1 aromatic rings. The largest absolute Gasteiger partial charge is 0.497 e. The normalized spacial score (nSPS) is 21.5. The third kappa shape index (κ3) is 4.47. The van der Waals surface area contributed by atoms with Gasteiger partial charge in [-0.1, -0.05) is 0 Å². The van der Waals surface area contributed by atoms with Crippen LogP contribution in [0.4, 0.5) is 5.69 Å². The molecule has 0 aromatic heterocycles. The van der Waals surface area contributed by atoms with Gasteiger partial charge in [-0.2, -0.15) is 5.26 Å². The second-order valence-electron chi connectivity index (χ2n) is 5.51. The number of methoxy groups -OCH3 is 1. The molecule has 2 atom stereocenters. The first-order valence-electron chi connectivity index (χ1n) is 7.49. The van der Waals surface area contributed by atoms with E-state index in [1.54, 1.807) is 24.1 Å². The van der Waals surface area contributed by atoms with Crippen molar-refractivity contribution in [1.29, 1.82) is 5.26 Å². The summed E-state index contributed by atoms with van der Waals surface area (Å²) in [5, 5.41) is 12.2. The van der Waals surface area contributed by atoms with Crippen LogP contribution in [0.25, 0.3) is 0 Å². The molecule has 2 rings (SSSR count). The van der Waals surface area contributed by atoms with Crippen molar-refractivity contribution in [2.75, 3.05) is 25.5 Å². The van der Waals surface area contributed by atoms with E-state index in [0.29, 0.717) is 13.1 Å². The van der Waals surface area contributed by atoms with Crippen LogP contribution in [0.2, 0.25) is 0 Å². The van der Waals surface area contributed by atoms with Gasteiger partial charge < -0.3 is 19.7 Å². The van der Waals surface area contributed by atoms with Crippen molar-refractivity contribution >= 4 is 11.6 Å². The second-order valence-corrected chi connectivity index (χ2v) is 5.51. The molecule has 6 nitrogen and oxygen atoms in total. The summed E-state index contributed by atoms with van der Waals surface area (Å²) < 4.78 is 10.7. The average molecular weight is 315 g/mol. The Hall–Kier alpha value is -2.52. The first kappa shape index (κ1) is 16.8. The Morgan fingerprint density at radius 1 is 1.35 bits per heavy atom. The fraction of sp³-hybridized carbons (Fsp3) is 0.412. The van der Waals surface area contributed by atoms with Crippen molar-refractivity contribution in [1.82, 2.24) is 4.90 Å². The van der Waals surface area contributed by atoms with Gasteiger partial charge in [0, 0.05) is 25.0 Å². The molecule has 1 fully saturated rings. The van der Waals surface area contributed by atoms with Gasteiger partial charge in [-0.15, -0.1) is 0 Å². The first-order valence-corrected chi connectivity index (χ1v) is 7.49. The molecule has 2 unspecified atom stereocenters. The quantitative estimate of drug-likeness (QED) is 0.681. The third-order valence-electron chi connectivity index (χ3n) is 3.53. The van der Waals surface area contributed by atoms with Gasteiger partial charge in [0.15, 0.2) is 0 Å². The third-order valence-corrected chi connectivity index (χ3v) is 3.53. The Kier molecular flexibility index (Phi) is 5.61. The Labute approximate surface area is 136 Å². The molecule has 0 saturated carbocycles. The molecule has 1 saturated heterocycles. The number of hydrogen-bond acceptors (Lipinski definition) is 5. The lowest BCUT2D eigenvalue weighted by Crippen LogP contribution is -2.48. The van der Waals surface area contributed by atoms with E-state index in [2.05, 4.69) is 5.32 Å². The summed E-state index contributed by atoms with van der Waals surface area (Å²) >= 11 is 0. The summed E-state index contributed by atoms with van der Waals surface area (Å²) in [6, 6.07) is 9.19. The van der Waals surface area contributed by atoms with E-state index in [1.807, 2.05) is 32.0 Å². The zero-order valence-electron chi connectivity index (χ0n) is 13.6. The number of rotatable bonds is 4. The van der Waals surface area contributed by atoms with E-state index < -0.39 is 0 Å². The molecule has 122 valence electrons. The molecule has 0 radical (unpaired) electrons. The molecule has 1 amide bonds. The van der Waals surface area contributed by atoms with E-state index in [9.17, 15) is 10.1 Å². The molecular weight excluding hydrogens is 294 g/mol. The lowest BCUT2D eigenvalue weighted by molar-refractivity contribution is -0.138. The van der Waals surface area contributed by atoms with Gasteiger partial charge in [0.05, 0.1) is 19.3 Å². The van der Waals surface area contributed by atoms with Gasteiger partial charge in [-0.3, -0.25) is 4.79 Å². The van der Waals surface area contributed by atoms with Crippen molar-refractivity contribution in [2.24, 2.45) is 0 Å². The van der Waals surface area contributed by atoms with E-state index >= 15 is 0 Å². The number of hydrogen-bond donors (Lipinski definition) is 1. The number of ether oxygens (including phenoxy) is 2. The summed E-state index contributed by atoms with van der Waals surface area (Å²) in [6.07, 6.45) is 1.38. The zero-order chi connectivity index (χ0) is 16.8. The molecule has 1 heterocycles. The lowest BCUT2D eigenvalue weighted by atomic mass is 10.2. The molecule has 1 aromatic carbocycles. The standard InChI is InChI=1S/C17H21N3O3/c1-12-10-20(11-13(2)23-12)17(21)14(8-18)9-19-15-4-6-16(22-3)7-5-15/h4-7,9,12-13,19H,10-11H2,1-3H3/b14-9-. The summed E-state index contributed by atoms with van der Waals surface area (Å²) in [7, 11) is 1.60. The topological polar surface area (TPSA) is 74.6 Å². The van der Waals surface area contributed by atoms with Crippen molar-refractivity contribution in [3.8, 4) is 11.8 Å². The van der Waals surface area contributed by atoms with Crippen LogP contribution in [-0.2, 0) is 9.53 Å². The van der Waals surface area contributed by atoms with Crippen LogP contribution >= 0.6 is 0 Å². The van der Waals surface area contributed by atoms with Gasteiger partial charge in [0.1, 0.15) is 17.4 Å². The van der Waals surface area contributed by atoms with Gasteiger partial charge in [-0.25, -0.2) is 0 Å². The molecule has 1 aliphatic heterocycles. The number of carbonyl (C=O) groups is 1. The lowest BCUT2D eigenvalue weighted by Gasteiger charge is -2.35. The number of anilines is 1. The molecule has 0 spiro atoms. The Morgan fingerprint density at radius 3 is 2.48 bits per heavy atom. The summed E-state index contributed by atoms with van der Waals surface area (Å²) in [5.74, 6) is 0.461. The Balaban J connectivity index is 2.05. The van der Waals surface area contributed by atoms with Crippen LogP contribution in [0.5, 0.6) is 5.75 Å². The molecule has 0 aliphatic carbocycles. The number of carbonyl (C=O) groups excluding carboxylic acids is 1. The maximum Gasteiger partial charge on any atom is 0.266 e. The summed E-state index contributed by atoms with van der Waals surface area (Å²) in [4.78, 5) is 14.1. The number of nitrogens with zero attached hydrogens (tertiary/aromatic N) is 2. The van der Waals surface area contributed by atoms with E-state index in [-0.39, 0.29) is 23.7 Å². The van der Waals surface area contributed by atoms with Gasteiger partial charge in [-0.05, 0) is 38.1 Å². The molecule has 1 aliphatic rings. The predicted octanol–water partition coefficient (Wildman–Crippen LogP) is 2.15. The zero-order valence-corrected chi connectivity index (χ0v) is 13.6. The Morgan fingerprint density at radius 2 is 1.96 bits per heavy atom. The van der Waals surface area contributed by atoms with Crippen LogP contribution in [0.15, 0.2) is 36.0 Å². The highest BCUT2D eigenvalue weighted by atomic mass is 16.5. The average Bonchev–Trinajstić information content (AvgIpc) is 2.55. The van der Waals surface area contributed by atoms with E-state index in [1.165, 1.54) is 6.20 Å².